The molecule has 2 aliphatic heterocycles. The standard InChI is InChI=1S/C20H28ClN3O3/c1-27-18-7-6-16(21)10-15(18)11-19(25)24-9-3-4-14(13-24)12-23-20(26)17-5-2-8-22-17/h6-7,10,14,17,22H,2-5,8-9,11-13H2,1H3,(H,23,26). The second-order valence-electron chi connectivity index (χ2n) is 7.38. The van der Waals surface area contributed by atoms with Crippen molar-refractivity contribution in [1.82, 2.24) is 15.5 Å². The van der Waals surface area contributed by atoms with Crippen molar-refractivity contribution in [3.05, 3.63) is 28.8 Å². The Kier molecular flexibility index (Phi) is 6.96. The smallest absolute Gasteiger partial charge is 0.237 e. The summed E-state index contributed by atoms with van der Waals surface area (Å²) in [7, 11) is 1.59. The topological polar surface area (TPSA) is 70.7 Å². The van der Waals surface area contributed by atoms with E-state index in [1.165, 1.54) is 0 Å². The molecule has 1 aromatic rings. The van der Waals surface area contributed by atoms with Crippen LogP contribution in [0.5, 0.6) is 5.75 Å². The summed E-state index contributed by atoms with van der Waals surface area (Å²) in [4.78, 5) is 26.8. The molecule has 2 fully saturated rings. The maximum Gasteiger partial charge on any atom is 0.237 e. The van der Waals surface area contributed by atoms with Crippen LogP contribution in [0.3, 0.4) is 0 Å². The Morgan fingerprint density at radius 2 is 2.19 bits per heavy atom. The summed E-state index contributed by atoms with van der Waals surface area (Å²) in [5.41, 5.74) is 0.803. The van der Waals surface area contributed by atoms with Crippen molar-refractivity contribution in [1.29, 1.82) is 0 Å². The number of methoxy groups -OCH3 is 1. The molecular weight excluding hydrogens is 366 g/mol. The molecule has 0 bridgehead atoms. The monoisotopic (exact) mass is 393 g/mol. The molecule has 2 aliphatic rings. The summed E-state index contributed by atoms with van der Waals surface area (Å²) in [6, 6.07) is 5.28. The highest BCUT2D eigenvalue weighted by atomic mass is 35.5. The second kappa shape index (κ2) is 9.42. The Balaban J connectivity index is 1.52. The van der Waals surface area contributed by atoms with Crippen LogP contribution >= 0.6 is 11.6 Å². The maximum atomic E-state index is 12.8. The van der Waals surface area contributed by atoms with Gasteiger partial charge in [0.05, 0.1) is 19.6 Å². The van der Waals surface area contributed by atoms with Gasteiger partial charge in [0.15, 0.2) is 0 Å². The molecule has 7 heteroatoms. The first-order valence-corrected chi connectivity index (χ1v) is 10.1. The van der Waals surface area contributed by atoms with Crippen LogP contribution in [0.4, 0.5) is 0 Å². The highest BCUT2D eigenvalue weighted by Crippen LogP contribution is 2.24. The number of hydrogen-bond donors (Lipinski definition) is 2. The van der Waals surface area contributed by atoms with E-state index in [2.05, 4.69) is 10.6 Å². The zero-order chi connectivity index (χ0) is 19.2. The lowest BCUT2D eigenvalue weighted by Crippen LogP contribution is -2.47. The molecule has 0 radical (unpaired) electrons. The van der Waals surface area contributed by atoms with E-state index in [1.54, 1.807) is 25.3 Å². The SMILES string of the molecule is COc1ccc(Cl)cc1CC(=O)N1CCCC(CNC(=O)C2CCCN2)C1. The van der Waals surface area contributed by atoms with Crippen molar-refractivity contribution in [2.45, 2.75) is 38.1 Å². The fourth-order valence-corrected chi connectivity index (χ4v) is 4.09. The first-order chi connectivity index (χ1) is 13.1. The van der Waals surface area contributed by atoms with Crippen molar-refractivity contribution in [3.8, 4) is 5.75 Å². The predicted molar refractivity (Wildman–Crippen MR) is 105 cm³/mol. The van der Waals surface area contributed by atoms with Crippen molar-refractivity contribution in [2.75, 3.05) is 33.3 Å². The van der Waals surface area contributed by atoms with E-state index < -0.39 is 0 Å². The number of halogens is 1. The molecule has 2 heterocycles. The number of likely N-dealkylation sites (tertiary alicyclic amines) is 1. The van der Waals surface area contributed by atoms with Gasteiger partial charge in [0.1, 0.15) is 5.75 Å². The number of nitrogens with one attached hydrogen (secondary N) is 2. The number of piperidine rings is 1. The van der Waals surface area contributed by atoms with E-state index in [4.69, 9.17) is 16.3 Å². The van der Waals surface area contributed by atoms with Gasteiger partial charge in [-0.05, 0) is 56.3 Å². The molecule has 148 valence electrons. The molecule has 6 nitrogen and oxygen atoms in total. The van der Waals surface area contributed by atoms with Crippen molar-refractivity contribution >= 4 is 23.4 Å². The molecule has 2 saturated heterocycles. The molecule has 2 N–H and O–H groups in total. The molecule has 2 unspecified atom stereocenters. The van der Waals surface area contributed by atoms with Gasteiger partial charge in [0.2, 0.25) is 11.8 Å². The molecular formula is C20H28ClN3O3. The minimum absolute atomic E-state index is 0.0541. The molecule has 2 amide bonds. The molecule has 0 aliphatic carbocycles. The second-order valence-corrected chi connectivity index (χ2v) is 7.81. The van der Waals surface area contributed by atoms with Crippen LogP contribution in [-0.4, -0.2) is 56.0 Å². The molecule has 27 heavy (non-hydrogen) atoms. The van der Waals surface area contributed by atoms with E-state index in [1.807, 2.05) is 4.90 Å². The Labute approximate surface area is 165 Å². The van der Waals surface area contributed by atoms with Gasteiger partial charge < -0.3 is 20.3 Å². The van der Waals surface area contributed by atoms with E-state index in [-0.39, 0.29) is 24.3 Å². The Bertz CT molecular complexity index is 676. The van der Waals surface area contributed by atoms with Crippen molar-refractivity contribution in [3.63, 3.8) is 0 Å². The van der Waals surface area contributed by atoms with Crippen LogP contribution < -0.4 is 15.4 Å². The maximum absolute atomic E-state index is 12.8. The van der Waals surface area contributed by atoms with E-state index in [0.29, 0.717) is 29.8 Å². The fourth-order valence-electron chi connectivity index (χ4n) is 3.89. The van der Waals surface area contributed by atoms with Gasteiger partial charge in [-0.25, -0.2) is 0 Å². The Morgan fingerprint density at radius 1 is 1.33 bits per heavy atom. The summed E-state index contributed by atoms with van der Waals surface area (Å²) in [6.07, 6.45) is 4.22. The van der Waals surface area contributed by atoms with Crippen LogP contribution in [0.1, 0.15) is 31.2 Å². The number of ether oxygens (including phenoxy) is 1. The van der Waals surface area contributed by atoms with Crippen LogP contribution in [0.2, 0.25) is 5.02 Å². The fraction of sp³-hybridized carbons (Fsp3) is 0.600. The minimum Gasteiger partial charge on any atom is -0.496 e. The molecule has 0 saturated carbocycles. The number of nitrogens with zero attached hydrogens (tertiary/aromatic N) is 1. The summed E-state index contributed by atoms with van der Waals surface area (Å²) >= 11 is 6.07. The summed E-state index contributed by atoms with van der Waals surface area (Å²) in [6.45, 7) is 2.98. The molecule has 0 spiro atoms. The van der Waals surface area contributed by atoms with Gasteiger partial charge in [-0.2, -0.15) is 0 Å². The van der Waals surface area contributed by atoms with E-state index >= 15 is 0 Å². The normalized spacial score (nSPS) is 22.5. The zero-order valence-corrected chi connectivity index (χ0v) is 16.6. The average Bonchev–Trinajstić information content (AvgIpc) is 3.21. The molecule has 2 atom stereocenters. The Morgan fingerprint density at radius 3 is 2.93 bits per heavy atom. The minimum atomic E-state index is -0.0541. The number of benzene rings is 1. The van der Waals surface area contributed by atoms with Gasteiger partial charge in [0.25, 0.3) is 0 Å². The highest BCUT2D eigenvalue weighted by molar-refractivity contribution is 6.30. The number of hydrogen-bond acceptors (Lipinski definition) is 4. The van der Waals surface area contributed by atoms with E-state index in [0.717, 1.165) is 44.3 Å². The van der Waals surface area contributed by atoms with Gasteiger partial charge >= 0.3 is 0 Å². The molecule has 0 aromatic heterocycles. The van der Waals surface area contributed by atoms with Crippen LogP contribution in [-0.2, 0) is 16.0 Å². The third kappa shape index (κ3) is 5.36. The quantitative estimate of drug-likeness (QED) is 0.775. The van der Waals surface area contributed by atoms with Crippen LogP contribution in [0, 0.1) is 5.92 Å². The van der Waals surface area contributed by atoms with Gasteiger partial charge in [0, 0.05) is 30.2 Å². The summed E-state index contributed by atoms with van der Waals surface area (Å²) < 4.78 is 5.34. The lowest BCUT2D eigenvalue weighted by atomic mass is 9.97. The number of carbonyl (C=O) groups excluding carboxylic acids is 2. The Hall–Kier alpha value is -1.79. The average molecular weight is 394 g/mol. The predicted octanol–water partition coefficient (Wildman–Crippen LogP) is 2.00. The lowest BCUT2D eigenvalue weighted by molar-refractivity contribution is -0.132. The summed E-state index contributed by atoms with van der Waals surface area (Å²) in [5.74, 6) is 1.13. The van der Waals surface area contributed by atoms with Gasteiger partial charge in [-0.3, -0.25) is 9.59 Å². The molecule has 3 rings (SSSR count). The lowest BCUT2D eigenvalue weighted by Gasteiger charge is -2.33. The zero-order valence-electron chi connectivity index (χ0n) is 15.8. The van der Waals surface area contributed by atoms with E-state index in [9.17, 15) is 9.59 Å². The first kappa shape index (κ1) is 20.0. The summed E-state index contributed by atoms with van der Waals surface area (Å²) in [5, 5.41) is 6.86. The van der Waals surface area contributed by atoms with Gasteiger partial charge in [-0.1, -0.05) is 11.6 Å². The third-order valence-corrected chi connectivity index (χ3v) is 5.63. The van der Waals surface area contributed by atoms with Crippen LogP contribution in [0.25, 0.3) is 0 Å². The van der Waals surface area contributed by atoms with Crippen molar-refractivity contribution in [2.24, 2.45) is 5.92 Å². The number of carbonyl (C=O) groups is 2. The molecule has 1 aromatic carbocycles. The van der Waals surface area contributed by atoms with Gasteiger partial charge in [-0.15, -0.1) is 0 Å². The largest absolute Gasteiger partial charge is 0.496 e. The third-order valence-electron chi connectivity index (χ3n) is 5.40. The van der Waals surface area contributed by atoms with Crippen LogP contribution in [0.15, 0.2) is 18.2 Å². The highest BCUT2D eigenvalue weighted by Gasteiger charge is 2.26. The number of rotatable bonds is 6. The first-order valence-electron chi connectivity index (χ1n) is 9.68. The van der Waals surface area contributed by atoms with Crippen molar-refractivity contribution < 1.29 is 14.3 Å². The number of amides is 2.